The van der Waals surface area contributed by atoms with Gasteiger partial charge >= 0.3 is 5.63 Å². The molecular weight excluding hydrogens is 326 g/mol. The van der Waals surface area contributed by atoms with Crippen molar-refractivity contribution < 1.29 is 9.52 Å². The molecular formula is C22H23NO3. The number of aromatic hydroxyl groups is 1. The second-order valence-corrected chi connectivity index (χ2v) is 7.11. The molecule has 1 heterocycles. The van der Waals surface area contributed by atoms with Crippen molar-refractivity contribution in [2.24, 2.45) is 0 Å². The van der Waals surface area contributed by atoms with Gasteiger partial charge < -0.3 is 14.8 Å². The summed E-state index contributed by atoms with van der Waals surface area (Å²) in [6.45, 7) is 4.38. The number of hydrogen-bond acceptors (Lipinski definition) is 4. The lowest BCUT2D eigenvalue weighted by Gasteiger charge is -2.19. The topological polar surface area (TPSA) is 62.5 Å². The molecule has 1 aromatic heterocycles. The first-order valence-electron chi connectivity index (χ1n) is 9.15. The summed E-state index contributed by atoms with van der Waals surface area (Å²) in [4.78, 5) is 12.3. The number of nitrogens with one attached hydrogen (secondary N) is 1. The molecule has 4 rings (SSSR count). The Bertz CT molecular complexity index is 1050. The van der Waals surface area contributed by atoms with E-state index in [4.69, 9.17) is 4.42 Å². The number of phenolic OH excluding ortho intramolecular Hbond substituents is 1. The number of hydrogen-bond donors (Lipinski definition) is 2. The van der Waals surface area contributed by atoms with Gasteiger partial charge in [-0.3, -0.25) is 0 Å². The molecule has 0 aliphatic heterocycles. The molecule has 1 aliphatic rings. The highest BCUT2D eigenvalue weighted by atomic mass is 16.4. The monoisotopic (exact) mass is 349 g/mol. The van der Waals surface area contributed by atoms with Gasteiger partial charge in [0.1, 0.15) is 11.3 Å². The number of rotatable bonds is 3. The molecule has 0 fully saturated rings. The van der Waals surface area contributed by atoms with Crippen LogP contribution in [-0.2, 0) is 19.4 Å². The average molecular weight is 349 g/mol. The summed E-state index contributed by atoms with van der Waals surface area (Å²) >= 11 is 0. The summed E-state index contributed by atoms with van der Waals surface area (Å²) in [5.41, 5.74) is 5.84. The summed E-state index contributed by atoms with van der Waals surface area (Å²) in [5, 5.41) is 15.0. The Hall–Kier alpha value is -2.75. The lowest BCUT2D eigenvalue weighted by atomic mass is 9.89. The summed E-state index contributed by atoms with van der Waals surface area (Å²) < 4.78 is 5.57. The maximum Gasteiger partial charge on any atom is 0.339 e. The van der Waals surface area contributed by atoms with E-state index in [1.165, 1.54) is 0 Å². The molecule has 4 nitrogen and oxygen atoms in total. The van der Waals surface area contributed by atoms with Crippen LogP contribution in [0.1, 0.15) is 40.7 Å². The van der Waals surface area contributed by atoms with Crippen LogP contribution in [0.3, 0.4) is 0 Å². The highest BCUT2D eigenvalue weighted by Crippen LogP contribution is 2.35. The minimum atomic E-state index is -0.250. The van der Waals surface area contributed by atoms with Crippen LogP contribution < -0.4 is 10.9 Å². The highest BCUT2D eigenvalue weighted by Gasteiger charge is 2.21. The van der Waals surface area contributed by atoms with Crippen molar-refractivity contribution in [2.45, 2.75) is 46.1 Å². The summed E-state index contributed by atoms with van der Waals surface area (Å²) in [6, 6.07) is 10.1. The number of para-hydroxylation sites is 1. The molecule has 3 aromatic rings. The van der Waals surface area contributed by atoms with E-state index in [2.05, 4.69) is 18.3 Å². The molecule has 134 valence electrons. The van der Waals surface area contributed by atoms with Crippen molar-refractivity contribution in [3.05, 3.63) is 68.6 Å². The van der Waals surface area contributed by atoms with E-state index < -0.39 is 0 Å². The standard InChI is InChI=1S/C22H23NO3/c1-13-7-3-6-10-19(13)23-12-15-11-18-16-8-4-5-9-17(16)22(25)26-21(18)14(2)20(15)24/h3,6-7,10-11,23-24H,4-5,8-9,12H2,1-2H3. The van der Waals surface area contributed by atoms with E-state index in [1.807, 2.05) is 31.2 Å². The summed E-state index contributed by atoms with van der Waals surface area (Å²) in [6.07, 6.45) is 3.79. The minimum absolute atomic E-state index is 0.192. The van der Waals surface area contributed by atoms with Gasteiger partial charge in [-0.05, 0) is 62.8 Å². The molecule has 0 bridgehead atoms. The van der Waals surface area contributed by atoms with Gasteiger partial charge in [-0.2, -0.15) is 0 Å². The number of aryl methyl sites for hydroxylation is 3. The molecule has 0 saturated carbocycles. The van der Waals surface area contributed by atoms with Crippen molar-refractivity contribution in [1.82, 2.24) is 0 Å². The molecule has 2 aromatic carbocycles. The van der Waals surface area contributed by atoms with Gasteiger partial charge in [-0.15, -0.1) is 0 Å². The van der Waals surface area contributed by atoms with Crippen LogP contribution in [0.25, 0.3) is 11.0 Å². The van der Waals surface area contributed by atoms with E-state index in [0.717, 1.165) is 59.0 Å². The first-order valence-corrected chi connectivity index (χ1v) is 9.15. The largest absolute Gasteiger partial charge is 0.507 e. The van der Waals surface area contributed by atoms with Gasteiger partial charge in [0.15, 0.2) is 0 Å². The Morgan fingerprint density at radius 2 is 1.85 bits per heavy atom. The SMILES string of the molecule is Cc1ccccc1NCc1cc2c3c(c(=O)oc2c(C)c1O)CCCC3. The zero-order valence-electron chi connectivity index (χ0n) is 15.2. The average Bonchev–Trinajstić information content (AvgIpc) is 2.66. The third-order valence-electron chi connectivity index (χ3n) is 5.41. The first-order chi connectivity index (χ1) is 12.6. The normalized spacial score (nSPS) is 13.6. The second kappa shape index (κ2) is 6.52. The van der Waals surface area contributed by atoms with E-state index in [-0.39, 0.29) is 11.4 Å². The van der Waals surface area contributed by atoms with Crippen molar-refractivity contribution in [2.75, 3.05) is 5.32 Å². The quantitative estimate of drug-likeness (QED) is 0.678. The second-order valence-electron chi connectivity index (χ2n) is 7.11. The van der Waals surface area contributed by atoms with Crippen LogP contribution in [0.2, 0.25) is 0 Å². The molecule has 1 aliphatic carbocycles. The van der Waals surface area contributed by atoms with Crippen LogP contribution in [0.4, 0.5) is 5.69 Å². The molecule has 4 heteroatoms. The van der Waals surface area contributed by atoms with Crippen molar-refractivity contribution in [1.29, 1.82) is 0 Å². The van der Waals surface area contributed by atoms with E-state index >= 15 is 0 Å². The van der Waals surface area contributed by atoms with Crippen LogP contribution in [0.5, 0.6) is 5.75 Å². The smallest absolute Gasteiger partial charge is 0.339 e. The van der Waals surface area contributed by atoms with Gasteiger partial charge in [0.05, 0.1) is 0 Å². The molecule has 0 unspecified atom stereocenters. The van der Waals surface area contributed by atoms with Crippen LogP contribution in [0, 0.1) is 13.8 Å². The zero-order valence-corrected chi connectivity index (χ0v) is 15.2. The van der Waals surface area contributed by atoms with Crippen molar-refractivity contribution in [3.8, 4) is 5.75 Å². The van der Waals surface area contributed by atoms with Crippen LogP contribution in [-0.4, -0.2) is 5.11 Å². The first kappa shape index (κ1) is 16.7. The highest BCUT2D eigenvalue weighted by molar-refractivity contribution is 5.87. The lowest BCUT2D eigenvalue weighted by molar-refractivity contribution is 0.461. The Labute approximate surface area is 152 Å². The Morgan fingerprint density at radius 3 is 2.62 bits per heavy atom. The van der Waals surface area contributed by atoms with Crippen molar-refractivity contribution in [3.63, 3.8) is 0 Å². The Morgan fingerprint density at radius 1 is 1.12 bits per heavy atom. The molecule has 0 spiro atoms. The lowest BCUT2D eigenvalue weighted by Crippen LogP contribution is -2.16. The minimum Gasteiger partial charge on any atom is -0.507 e. The van der Waals surface area contributed by atoms with Gasteiger partial charge in [-0.1, -0.05) is 18.2 Å². The number of fused-ring (bicyclic) bond motifs is 3. The fourth-order valence-electron chi connectivity index (χ4n) is 3.89. The maximum absolute atomic E-state index is 12.3. The fourth-order valence-corrected chi connectivity index (χ4v) is 3.89. The predicted octanol–water partition coefficient (Wildman–Crippen LogP) is 4.61. The van der Waals surface area contributed by atoms with Crippen molar-refractivity contribution >= 4 is 16.7 Å². The van der Waals surface area contributed by atoms with Gasteiger partial charge in [0.2, 0.25) is 0 Å². The fraction of sp³-hybridized carbons (Fsp3) is 0.318. The van der Waals surface area contributed by atoms with Gasteiger partial charge in [0, 0.05) is 34.3 Å². The molecule has 0 atom stereocenters. The molecule has 0 amide bonds. The predicted molar refractivity (Wildman–Crippen MR) is 104 cm³/mol. The number of phenols is 1. The van der Waals surface area contributed by atoms with E-state index in [9.17, 15) is 9.90 Å². The zero-order chi connectivity index (χ0) is 18.3. The Balaban J connectivity index is 1.80. The summed E-state index contributed by atoms with van der Waals surface area (Å²) in [7, 11) is 0. The molecule has 0 radical (unpaired) electrons. The van der Waals surface area contributed by atoms with E-state index in [0.29, 0.717) is 17.7 Å². The maximum atomic E-state index is 12.3. The number of anilines is 1. The molecule has 2 N–H and O–H groups in total. The number of benzene rings is 2. The van der Waals surface area contributed by atoms with E-state index in [1.54, 1.807) is 0 Å². The van der Waals surface area contributed by atoms with Gasteiger partial charge in [0.25, 0.3) is 0 Å². The van der Waals surface area contributed by atoms with Crippen LogP contribution in [0.15, 0.2) is 39.5 Å². The summed E-state index contributed by atoms with van der Waals surface area (Å²) in [5.74, 6) is 0.192. The van der Waals surface area contributed by atoms with Crippen LogP contribution >= 0.6 is 0 Å². The van der Waals surface area contributed by atoms with Gasteiger partial charge in [-0.25, -0.2) is 4.79 Å². The third-order valence-corrected chi connectivity index (χ3v) is 5.41. The molecule has 26 heavy (non-hydrogen) atoms. The molecule has 0 saturated heterocycles. The Kier molecular flexibility index (Phi) is 4.19. The third kappa shape index (κ3) is 2.75.